The number of hydrogen-bond donors (Lipinski definition) is 1. The molecule has 126 valence electrons. The minimum atomic E-state index is -0.486. The number of carbonyl (C=O) groups excluding carboxylic acids is 1. The summed E-state index contributed by atoms with van der Waals surface area (Å²) >= 11 is 0. The van der Waals surface area contributed by atoms with E-state index < -0.39 is 5.97 Å². The van der Waals surface area contributed by atoms with Crippen molar-refractivity contribution in [3.05, 3.63) is 72.1 Å². The molecule has 0 aliphatic rings. The molecule has 6 nitrogen and oxygen atoms in total. The van der Waals surface area contributed by atoms with E-state index >= 15 is 0 Å². The number of para-hydroxylation sites is 3. The molecular formula is C19H18N4O2. The monoisotopic (exact) mass is 334 g/mol. The molecule has 0 saturated carbocycles. The van der Waals surface area contributed by atoms with E-state index in [1.807, 2.05) is 42.5 Å². The Bertz CT molecular complexity index is 901. The van der Waals surface area contributed by atoms with Gasteiger partial charge in [0.25, 0.3) is 0 Å². The zero-order valence-electron chi connectivity index (χ0n) is 13.8. The van der Waals surface area contributed by atoms with E-state index in [9.17, 15) is 4.79 Å². The molecule has 0 aliphatic carbocycles. The molecule has 0 radical (unpaired) electrons. The van der Waals surface area contributed by atoms with E-state index in [4.69, 9.17) is 10.5 Å². The average molecular weight is 334 g/mol. The van der Waals surface area contributed by atoms with Crippen molar-refractivity contribution < 1.29 is 9.53 Å². The van der Waals surface area contributed by atoms with E-state index in [1.54, 1.807) is 36.1 Å². The molecular weight excluding hydrogens is 316 g/mol. The molecule has 0 fully saturated rings. The van der Waals surface area contributed by atoms with Crippen LogP contribution in [0.4, 0.5) is 11.4 Å². The van der Waals surface area contributed by atoms with E-state index in [0.717, 1.165) is 5.69 Å². The summed E-state index contributed by atoms with van der Waals surface area (Å²) in [5.74, 6) is -0.486. The van der Waals surface area contributed by atoms with Crippen LogP contribution in [0.25, 0.3) is 5.69 Å². The first-order valence-corrected chi connectivity index (χ1v) is 7.90. The van der Waals surface area contributed by atoms with Crippen molar-refractivity contribution in [2.24, 2.45) is 4.99 Å². The number of carbonyl (C=O) groups is 1. The molecule has 6 heteroatoms. The fraction of sp³-hybridized carbons (Fsp3) is 0.105. The third kappa shape index (κ3) is 3.74. The number of ether oxygens (including phenoxy) is 1. The second-order valence-corrected chi connectivity index (χ2v) is 5.25. The molecule has 0 atom stereocenters. The lowest BCUT2D eigenvalue weighted by Gasteiger charge is -2.00. The number of nitrogen functional groups attached to an aromatic ring is 1. The second-order valence-electron chi connectivity index (χ2n) is 5.25. The number of benzene rings is 2. The molecule has 25 heavy (non-hydrogen) atoms. The Morgan fingerprint density at radius 2 is 1.92 bits per heavy atom. The van der Waals surface area contributed by atoms with Crippen molar-refractivity contribution in [2.45, 2.75) is 6.92 Å². The van der Waals surface area contributed by atoms with Crippen LogP contribution in [0, 0.1) is 0 Å². The summed E-state index contributed by atoms with van der Waals surface area (Å²) in [6.07, 6.45) is 3.31. The molecule has 0 spiro atoms. The predicted molar refractivity (Wildman–Crippen MR) is 97.6 cm³/mol. The highest BCUT2D eigenvalue weighted by atomic mass is 16.5. The van der Waals surface area contributed by atoms with Gasteiger partial charge in [0.15, 0.2) is 5.69 Å². The van der Waals surface area contributed by atoms with Gasteiger partial charge in [0.05, 0.1) is 23.7 Å². The first-order chi connectivity index (χ1) is 12.2. The van der Waals surface area contributed by atoms with Gasteiger partial charge < -0.3 is 10.5 Å². The summed E-state index contributed by atoms with van der Waals surface area (Å²) in [6, 6.07) is 16.8. The molecule has 0 aliphatic heterocycles. The topological polar surface area (TPSA) is 82.5 Å². The van der Waals surface area contributed by atoms with Gasteiger partial charge in [-0.1, -0.05) is 30.3 Å². The molecule has 3 aromatic rings. The molecule has 2 aromatic carbocycles. The lowest BCUT2D eigenvalue weighted by atomic mass is 10.2. The number of anilines is 1. The lowest BCUT2D eigenvalue weighted by Crippen LogP contribution is -2.08. The van der Waals surface area contributed by atoms with Crippen molar-refractivity contribution in [1.82, 2.24) is 9.78 Å². The summed E-state index contributed by atoms with van der Waals surface area (Å²) in [4.78, 5) is 16.6. The molecule has 1 aromatic heterocycles. The van der Waals surface area contributed by atoms with E-state index in [-0.39, 0.29) is 12.3 Å². The van der Waals surface area contributed by atoms with Crippen molar-refractivity contribution in [2.75, 3.05) is 12.3 Å². The predicted octanol–water partition coefficient (Wildman–Crippen LogP) is 3.38. The van der Waals surface area contributed by atoms with Gasteiger partial charge in [-0.05, 0) is 31.2 Å². The van der Waals surface area contributed by atoms with E-state index in [1.165, 1.54) is 0 Å². The van der Waals surface area contributed by atoms with Crippen LogP contribution in [0.1, 0.15) is 23.0 Å². The van der Waals surface area contributed by atoms with Gasteiger partial charge in [-0.3, -0.25) is 4.99 Å². The highest BCUT2D eigenvalue weighted by Crippen LogP contribution is 2.21. The van der Waals surface area contributed by atoms with Gasteiger partial charge in [-0.15, -0.1) is 0 Å². The van der Waals surface area contributed by atoms with Crippen LogP contribution in [0.5, 0.6) is 0 Å². The maximum absolute atomic E-state index is 12.2. The number of rotatable bonds is 5. The van der Waals surface area contributed by atoms with E-state index in [0.29, 0.717) is 16.9 Å². The lowest BCUT2D eigenvalue weighted by molar-refractivity contribution is 0.0519. The third-order valence-electron chi connectivity index (χ3n) is 3.51. The smallest absolute Gasteiger partial charge is 0.359 e. The zero-order valence-corrected chi connectivity index (χ0v) is 13.8. The molecule has 0 unspecified atom stereocenters. The van der Waals surface area contributed by atoms with Gasteiger partial charge in [0.1, 0.15) is 0 Å². The normalized spacial score (nSPS) is 10.9. The number of nitrogens with two attached hydrogens (primary N) is 1. The summed E-state index contributed by atoms with van der Waals surface area (Å²) in [7, 11) is 0. The Kier molecular flexibility index (Phi) is 4.89. The Morgan fingerprint density at radius 1 is 1.20 bits per heavy atom. The first-order valence-electron chi connectivity index (χ1n) is 7.90. The second kappa shape index (κ2) is 7.44. The zero-order chi connectivity index (χ0) is 17.6. The van der Waals surface area contributed by atoms with E-state index in [2.05, 4.69) is 10.1 Å². The number of aromatic nitrogens is 2. The Hall–Kier alpha value is -3.41. The number of aliphatic imine (C=N–C) groups is 1. The van der Waals surface area contributed by atoms with Crippen LogP contribution >= 0.6 is 0 Å². The minimum absolute atomic E-state index is 0.212. The highest BCUT2D eigenvalue weighted by molar-refractivity contribution is 5.98. The van der Waals surface area contributed by atoms with Crippen LogP contribution in [-0.2, 0) is 4.74 Å². The van der Waals surface area contributed by atoms with Crippen molar-refractivity contribution in [3.8, 4) is 5.69 Å². The highest BCUT2D eigenvalue weighted by Gasteiger charge is 2.17. The fourth-order valence-corrected chi connectivity index (χ4v) is 2.30. The summed E-state index contributed by atoms with van der Waals surface area (Å²) in [5.41, 5.74) is 8.70. The first kappa shape index (κ1) is 16.4. The SMILES string of the molecule is CCOC(=O)c1nn(-c2ccccc2)cc1C=Nc1ccccc1N. The largest absolute Gasteiger partial charge is 0.461 e. The van der Waals surface area contributed by atoms with Crippen LogP contribution < -0.4 is 5.73 Å². The maximum atomic E-state index is 12.2. The molecule has 0 saturated heterocycles. The van der Waals surface area contributed by atoms with Gasteiger partial charge in [-0.2, -0.15) is 5.10 Å². The van der Waals surface area contributed by atoms with Gasteiger partial charge in [0.2, 0.25) is 0 Å². The Morgan fingerprint density at radius 3 is 2.64 bits per heavy atom. The Labute approximate surface area is 145 Å². The number of nitrogens with zero attached hydrogens (tertiary/aromatic N) is 3. The van der Waals surface area contributed by atoms with Crippen molar-refractivity contribution >= 4 is 23.6 Å². The molecule has 0 amide bonds. The minimum Gasteiger partial charge on any atom is -0.461 e. The average Bonchev–Trinajstić information content (AvgIpc) is 3.06. The molecule has 2 N–H and O–H groups in total. The summed E-state index contributed by atoms with van der Waals surface area (Å²) in [5, 5.41) is 4.35. The maximum Gasteiger partial charge on any atom is 0.359 e. The number of hydrogen-bond acceptors (Lipinski definition) is 5. The summed E-state index contributed by atoms with van der Waals surface area (Å²) < 4.78 is 6.72. The van der Waals surface area contributed by atoms with Gasteiger partial charge in [-0.25, -0.2) is 9.48 Å². The van der Waals surface area contributed by atoms with Crippen LogP contribution in [0.15, 0.2) is 65.8 Å². The van der Waals surface area contributed by atoms with Crippen molar-refractivity contribution in [3.63, 3.8) is 0 Å². The fourth-order valence-electron chi connectivity index (χ4n) is 2.30. The Balaban J connectivity index is 2.00. The molecule has 3 rings (SSSR count). The standard InChI is InChI=1S/C19H18N4O2/c1-2-25-19(24)18-14(12-21-17-11-7-6-10-16(17)20)13-23(22-18)15-8-4-3-5-9-15/h3-13H,2,20H2,1H3. The van der Waals surface area contributed by atoms with Gasteiger partial charge >= 0.3 is 5.97 Å². The third-order valence-corrected chi connectivity index (χ3v) is 3.51. The number of esters is 1. The van der Waals surface area contributed by atoms with Crippen LogP contribution in [0.3, 0.4) is 0 Å². The van der Waals surface area contributed by atoms with Crippen LogP contribution in [0.2, 0.25) is 0 Å². The van der Waals surface area contributed by atoms with Crippen LogP contribution in [-0.4, -0.2) is 28.6 Å². The summed E-state index contributed by atoms with van der Waals surface area (Å²) in [6.45, 7) is 2.03. The quantitative estimate of drug-likeness (QED) is 0.440. The molecule has 1 heterocycles. The van der Waals surface area contributed by atoms with Gasteiger partial charge in [0, 0.05) is 18.0 Å². The van der Waals surface area contributed by atoms with Crippen molar-refractivity contribution in [1.29, 1.82) is 0 Å². The molecule has 0 bridgehead atoms.